The van der Waals surface area contributed by atoms with Gasteiger partial charge in [-0.1, -0.05) is 85.5 Å². The van der Waals surface area contributed by atoms with Crippen molar-refractivity contribution >= 4 is 24.3 Å². The Bertz CT molecular complexity index is 751. The van der Waals surface area contributed by atoms with E-state index in [1.54, 1.807) is 12.2 Å². The lowest BCUT2D eigenvalue weighted by atomic mass is 10.2. The van der Waals surface area contributed by atoms with Gasteiger partial charge in [0.05, 0.1) is 13.7 Å². The van der Waals surface area contributed by atoms with Crippen molar-refractivity contribution < 1.29 is 29.3 Å². The summed E-state index contributed by atoms with van der Waals surface area (Å²) in [6.07, 6.45) is 7.08. The van der Waals surface area contributed by atoms with E-state index >= 15 is 0 Å². The monoisotopic (exact) mass is 398 g/mol. The van der Waals surface area contributed by atoms with Gasteiger partial charge >= 0.3 is 12.1 Å². The average Bonchev–Trinajstić information content (AvgIpc) is 2.77. The number of benzene rings is 2. The number of carboxylic acid groups (broad SMARTS) is 1. The number of aliphatic hydroxyl groups excluding tert-OH is 1. The minimum atomic E-state index is -0.922. The normalized spacial score (nSPS) is 9.59. The molecule has 0 aromatic heterocycles. The molecule has 0 fully saturated rings. The van der Waals surface area contributed by atoms with Crippen LogP contribution in [0.15, 0.2) is 85.5 Å². The van der Waals surface area contributed by atoms with Crippen LogP contribution < -0.4 is 0 Å². The van der Waals surface area contributed by atoms with Crippen LogP contribution in [0.2, 0.25) is 0 Å². The molecule has 2 rings (SSSR count). The second kappa shape index (κ2) is 17.8. The molecule has 0 unspecified atom stereocenters. The summed E-state index contributed by atoms with van der Waals surface area (Å²) in [7, 11) is 1.26. The third kappa shape index (κ3) is 16.3. The summed E-state index contributed by atoms with van der Waals surface area (Å²) in [5.74, 6) is -0.922. The summed E-state index contributed by atoms with van der Waals surface area (Å²) in [5.41, 5.74) is 2.02. The van der Waals surface area contributed by atoms with Gasteiger partial charge in [-0.3, -0.25) is 0 Å². The highest BCUT2D eigenvalue weighted by molar-refractivity contribution is 5.85. The molecule has 6 heteroatoms. The van der Waals surface area contributed by atoms with E-state index < -0.39 is 12.1 Å². The van der Waals surface area contributed by atoms with Crippen LogP contribution in [-0.4, -0.2) is 42.7 Å². The molecule has 29 heavy (non-hydrogen) atoms. The molecule has 0 radical (unpaired) electrons. The third-order valence-corrected chi connectivity index (χ3v) is 2.92. The quantitative estimate of drug-likeness (QED) is 0.425. The molecular weight excluding hydrogens is 372 g/mol. The van der Waals surface area contributed by atoms with E-state index in [9.17, 15) is 9.59 Å². The van der Waals surface area contributed by atoms with Crippen LogP contribution >= 0.6 is 0 Å². The molecule has 6 nitrogen and oxygen atoms in total. The molecule has 0 saturated carbocycles. The predicted octanol–water partition coefficient (Wildman–Crippen LogP) is 4.43. The van der Waals surface area contributed by atoms with Gasteiger partial charge in [-0.05, 0) is 17.2 Å². The van der Waals surface area contributed by atoms with Gasteiger partial charge < -0.3 is 19.7 Å². The highest BCUT2D eigenvalue weighted by atomic mass is 16.7. The van der Waals surface area contributed by atoms with Gasteiger partial charge in [0.15, 0.2) is 0 Å². The standard InChI is InChI=1S/C9H8O2.C9H10O.C5H8O3/c10-9(11)7-6-8-4-2-1-3-5-8;10-8-4-7-9-5-2-1-3-6-9;1-3-4-8-5(6)7-2/h1-7H,(H,10,11);1-7,10H,8H2;3H,1,4H2,2H3/b7-6+;7-4+;. The van der Waals surface area contributed by atoms with Crippen LogP contribution in [-0.2, 0) is 14.3 Å². The van der Waals surface area contributed by atoms with E-state index in [0.717, 1.165) is 17.2 Å². The summed E-state index contributed by atoms with van der Waals surface area (Å²) in [6, 6.07) is 19.2. The summed E-state index contributed by atoms with van der Waals surface area (Å²) < 4.78 is 8.50. The van der Waals surface area contributed by atoms with Gasteiger partial charge in [0, 0.05) is 6.08 Å². The maximum absolute atomic E-state index is 10.1. The van der Waals surface area contributed by atoms with Crippen molar-refractivity contribution in [3.63, 3.8) is 0 Å². The van der Waals surface area contributed by atoms with Crippen LogP contribution in [0.3, 0.4) is 0 Å². The van der Waals surface area contributed by atoms with E-state index in [0.29, 0.717) is 0 Å². The predicted molar refractivity (Wildman–Crippen MR) is 114 cm³/mol. The Labute approximate surface area is 171 Å². The average molecular weight is 398 g/mol. The van der Waals surface area contributed by atoms with Crippen molar-refractivity contribution in [3.8, 4) is 0 Å². The Morgan fingerprint density at radius 2 is 1.48 bits per heavy atom. The van der Waals surface area contributed by atoms with Gasteiger partial charge in [-0.15, -0.1) is 0 Å². The zero-order valence-corrected chi connectivity index (χ0v) is 16.3. The number of methoxy groups -OCH3 is 1. The van der Waals surface area contributed by atoms with Crippen molar-refractivity contribution in [1.29, 1.82) is 0 Å². The second-order valence-corrected chi connectivity index (χ2v) is 5.13. The number of carboxylic acids is 1. The Balaban J connectivity index is 0.000000412. The topological polar surface area (TPSA) is 93.1 Å². The number of aliphatic carboxylic acids is 1. The van der Waals surface area contributed by atoms with E-state index in [1.807, 2.05) is 66.7 Å². The van der Waals surface area contributed by atoms with Crippen molar-refractivity contribution in [1.82, 2.24) is 0 Å². The summed E-state index contributed by atoms with van der Waals surface area (Å²) in [5, 5.41) is 16.7. The molecule has 0 heterocycles. The zero-order chi connectivity index (χ0) is 21.7. The molecule has 154 valence electrons. The van der Waals surface area contributed by atoms with Gasteiger partial charge in [0.1, 0.15) is 6.61 Å². The fraction of sp³-hybridized carbons (Fsp3) is 0.130. The lowest BCUT2D eigenvalue weighted by molar-refractivity contribution is -0.131. The minimum absolute atomic E-state index is 0.106. The van der Waals surface area contributed by atoms with Crippen LogP contribution in [0.5, 0.6) is 0 Å². The van der Waals surface area contributed by atoms with Crippen molar-refractivity contribution in [2.75, 3.05) is 20.3 Å². The molecule has 0 amide bonds. The molecule has 0 aliphatic rings. The highest BCUT2D eigenvalue weighted by Gasteiger charge is 1.94. The highest BCUT2D eigenvalue weighted by Crippen LogP contribution is 2.00. The number of aliphatic hydroxyl groups is 1. The molecule has 2 aromatic carbocycles. The maximum atomic E-state index is 10.1. The lowest BCUT2D eigenvalue weighted by Gasteiger charge is -1.95. The molecule has 0 spiro atoms. The molecule has 2 N–H and O–H groups in total. The number of ether oxygens (including phenoxy) is 2. The van der Waals surface area contributed by atoms with Gasteiger partial charge in [0.2, 0.25) is 0 Å². The largest absolute Gasteiger partial charge is 0.508 e. The SMILES string of the molecule is C=CCOC(=O)OC.O=C(O)/C=C/c1ccccc1.OC/C=C/c1ccccc1. The molecule has 2 aromatic rings. The first-order valence-corrected chi connectivity index (χ1v) is 8.63. The summed E-state index contributed by atoms with van der Waals surface area (Å²) in [4.78, 5) is 20.2. The number of hydrogen-bond donors (Lipinski definition) is 2. The molecular formula is C23H26O6. The van der Waals surface area contributed by atoms with Gasteiger partial charge in [0.25, 0.3) is 0 Å². The molecule has 0 aliphatic heterocycles. The number of hydrogen-bond acceptors (Lipinski definition) is 5. The smallest absolute Gasteiger partial charge is 0.478 e. The summed E-state index contributed by atoms with van der Waals surface area (Å²) in [6.45, 7) is 3.64. The van der Waals surface area contributed by atoms with Crippen molar-refractivity contribution in [2.45, 2.75) is 0 Å². The first kappa shape index (κ1) is 25.4. The van der Waals surface area contributed by atoms with Crippen LogP contribution in [0.4, 0.5) is 4.79 Å². The minimum Gasteiger partial charge on any atom is -0.478 e. The number of carbonyl (C=O) groups excluding carboxylic acids is 1. The Hall–Kier alpha value is -3.64. The molecule has 0 aliphatic carbocycles. The third-order valence-electron chi connectivity index (χ3n) is 2.92. The summed E-state index contributed by atoms with van der Waals surface area (Å²) >= 11 is 0. The van der Waals surface area contributed by atoms with Crippen LogP contribution in [0.25, 0.3) is 12.2 Å². The van der Waals surface area contributed by atoms with Gasteiger partial charge in [-0.25, -0.2) is 9.59 Å². The molecule has 0 bridgehead atoms. The van der Waals surface area contributed by atoms with Crippen LogP contribution in [0, 0.1) is 0 Å². The van der Waals surface area contributed by atoms with Crippen molar-refractivity contribution in [2.24, 2.45) is 0 Å². The maximum Gasteiger partial charge on any atom is 0.508 e. The van der Waals surface area contributed by atoms with Gasteiger partial charge in [-0.2, -0.15) is 0 Å². The fourth-order valence-electron chi connectivity index (χ4n) is 1.67. The number of carbonyl (C=O) groups is 2. The van der Waals surface area contributed by atoms with Crippen LogP contribution in [0.1, 0.15) is 11.1 Å². The first-order valence-electron chi connectivity index (χ1n) is 8.63. The van der Waals surface area contributed by atoms with Crippen molar-refractivity contribution in [3.05, 3.63) is 96.6 Å². The lowest BCUT2D eigenvalue weighted by Crippen LogP contribution is -2.02. The molecule has 0 saturated heterocycles. The van der Waals surface area contributed by atoms with E-state index in [1.165, 1.54) is 13.2 Å². The zero-order valence-electron chi connectivity index (χ0n) is 16.3. The van der Waals surface area contributed by atoms with E-state index in [2.05, 4.69) is 16.1 Å². The Morgan fingerprint density at radius 1 is 0.966 bits per heavy atom. The first-order chi connectivity index (χ1) is 14.0. The number of rotatable bonds is 6. The molecule has 0 atom stereocenters. The van der Waals surface area contributed by atoms with E-state index in [4.69, 9.17) is 10.2 Å². The van der Waals surface area contributed by atoms with E-state index in [-0.39, 0.29) is 13.2 Å². The second-order valence-electron chi connectivity index (χ2n) is 5.13. The Kier molecular flexibility index (Phi) is 15.5. The Morgan fingerprint density at radius 3 is 1.90 bits per heavy atom. The fourth-order valence-corrected chi connectivity index (χ4v) is 1.67.